The normalized spacial score (nSPS) is 17.1. The molecule has 0 unspecified atom stereocenters. The molecule has 1 fully saturated rings. The topological polar surface area (TPSA) is 49.8 Å². The van der Waals surface area contributed by atoms with E-state index in [1.807, 2.05) is 0 Å². The van der Waals surface area contributed by atoms with E-state index in [9.17, 15) is 4.79 Å². The maximum atomic E-state index is 10.9. The smallest absolute Gasteiger partial charge is 0.335 e. The molecule has 0 bridgehead atoms. The summed E-state index contributed by atoms with van der Waals surface area (Å²) in [5.74, 6) is 0.602. The van der Waals surface area contributed by atoms with E-state index in [-0.39, 0.29) is 5.56 Å². The molecule has 0 atom stereocenters. The van der Waals surface area contributed by atoms with Crippen molar-refractivity contribution < 1.29 is 14.6 Å². The third-order valence-electron chi connectivity index (χ3n) is 4.04. The van der Waals surface area contributed by atoms with E-state index in [0.29, 0.717) is 12.4 Å². The van der Waals surface area contributed by atoms with E-state index >= 15 is 0 Å². The zero-order valence-electron chi connectivity index (χ0n) is 12.0. The minimum Gasteiger partial charge on any atom is -0.492 e. The Morgan fingerprint density at radius 1 is 1.40 bits per heavy atom. The lowest BCUT2D eigenvalue weighted by Crippen LogP contribution is -2.36. The van der Waals surface area contributed by atoms with Crippen LogP contribution in [0, 0.1) is 5.92 Å². The van der Waals surface area contributed by atoms with Gasteiger partial charge in [-0.25, -0.2) is 4.79 Å². The number of benzene rings is 1. The van der Waals surface area contributed by atoms with Crippen molar-refractivity contribution in [3.63, 3.8) is 0 Å². The molecule has 4 heteroatoms. The third-order valence-corrected chi connectivity index (χ3v) is 4.04. The average molecular weight is 277 g/mol. The van der Waals surface area contributed by atoms with Gasteiger partial charge in [0.15, 0.2) is 0 Å². The fourth-order valence-corrected chi connectivity index (χ4v) is 2.63. The first-order valence-electron chi connectivity index (χ1n) is 7.37. The first-order valence-corrected chi connectivity index (χ1v) is 7.37. The Kier molecular flexibility index (Phi) is 5.41. The monoisotopic (exact) mass is 277 g/mol. The summed E-state index contributed by atoms with van der Waals surface area (Å²) in [6, 6.07) is 6.66. The summed E-state index contributed by atoms with van der Waals surface area (Å²) in [5.41, 5.74) is 0.270. The van der Waals surface area contributed by atoms with Crippen LogP contribution in [0.25, 0.3) is 0 Å². The Labute approximate surface area is 120 Å². The molecule has 1 saturated heterocycles. The molecule has 1 N–H and O–H groups in total. The van der Waals surface area contributed by atoms with E-state index in [2.05, 4.69) is 11.8 Å². The number of carbonyl (C=O) groups is 1. The number of ether oxygens (including phenoxy) is 1. The Balaban J connectivity index is 1.73. The van der Waals surface area contributed by atoms with Gasteiger partial charge in [0.1, 0.15) is 12.4 Å². The van der Waals surface area contributed by atoms with E-state index in [1.54, 1.807) is 24.3 Å². The standard InChI is InChI=1S/C16H23NO3/c1-2-13-6-8-17(9-7-13)10-11-20-15-5-3-4-14(12-15)16(18)19/h3-5,12-13H,2,6-11H2,1H3,(H,18,19). The lowest BCUT2D eigenvalue weighted by molar-refractivity contribution is 0.0696. The van der Waals surface area contributed by atoms with Gasteiger partial charge >= 0.3 is 5.97 Å². The minimum absolute atomic E-state index is 0.270. The predicted molar refractivity (Wildman–Crippen MR) is 78.4 cm³/mol. The maximum absolute atomic E-state index is 10.9. The first-order chi connectivity index (χ1) is 9.69. The van der Waals surface area contributed by atoms with Crippen molar-refractivity contribution in [2.24, 2.45) is 5.92 Å². The van der Waals surface area contributed by atoms with Crippen LogP contribution in [0.15, 0.2) is 24.3 Å². The van der Waals surface area contributed by atoms with Crippen LogP contribution in [-0.2, 0) is 0 Å². The summed E-state index contributed by atoms with van der Waals surface area (Å²) < 4.78 is 5.65. The predicted octanol–water partition coefficient (Wildman–Crippen LogP) is 2.89. The van der Waals surface area contributed by atoms with Gasteiger partial charge in [-0.1, -0.05) is 19.4 Å². The Morgan fingerprint density at radius 3 is 2.80 bits per heavy atom. The molecule has 1 aliphatic rings. The Hall–Kier alpha value is -1.55. The lowest BCUT2D eigenvalue weighted by Gasteiger charge is -2.31. The Morgan fingerprint density at radius 2 is 2.15 bits per heavy atom. The second-order valence-electron chi connectivity index (χ2n) is 5.37. The van der Waals surface area contributed by atoms with Crippen molar-refractivity contribution >= 4 is 5.97 Å². The maximum Gasteiger partial charge on any atom is 0.335 e. The summed E-state index contributed by atoms with van der Waals surface area (Å²) in [4.78, 5) is 13.3. The number of likely N-dealkylation sites (tertiary alicyclic amines) is 1. The van der Waals surface area contributed by atoms with Gasteiger partial charge in [-0.2, -0.15) is 0 Å². The molecule has 0 aliphatic carbocycles. The number of aromatic carboxylic acids is 1. The molecule has 0 amide bonds. The largest absolute Gasteiger partial charge is 0.492 e. The average Bonchev–Trinajstić information content (AvgIpc) is 2.48. The van der Waals surface area contributed by atoms with Crippen LogP contribution in [0.5, 0.6) is 5.75 Å². The van der Waals surface area contributed by atoms with Gasteiger partial charge in [0.2, 0.25) is 0 Å². The van der Waals surface area contributed by atoms with E-state index in [4.69, 9.17) is 9.84 Å². The van der Waals surface area contributed by atoms with Gasteiger partial charge in [0.05, 0.1) is 5.56 Å². The third kappa shape index (κ3) is 4.23. The molecule has 4 nitrogen and oxygen atoms in total. The SMILES string of the molecule is CCC1CCN(CCOc2cccc(C(=O)O)c2)CC1. The number of rotatable bonds is 6. The highest BCUT2D eigenvalue weighted by molar-refractivity contribution is 5.87. The molecular weight excluding hydrogens is 254 g/mol. The van der Waals surface area contributed by atoms with Crippen molar-refractivity contribution in [2.45, 2.75) is 26.2 Å². The Bertz CT molecular complexity index is 439. The van der Waals surface area contributed by atoms with Gasteiger partial charge in [-0.3, -0.25) is 4.90 Å². The van der Waals surface area contributed by atoms with E-state index in [0.717, 1.165) is 25.6 Å². The molecule has 0 radical (unpaired) electrons. The van der Waals surface area contributed by atoms with Gasteiger partial charge in [-0.15, -0.1) is 0 Å². The quantitative estimate of drug-likeness (QED) is 0.868. The zero-order chi connectivity index (χ0) is 14.4. The van der Waals surface area contributed by atoms with Crippen molar-refractivity contribution in [2.75, 3.05) is 26.2 Å². The van der Waals surface area contributed by atoms with Crippen LogP contribution in [0.4, 0.5) is 0 Å². The molecular formula is C16H23NO3. The number of hydrogen-bond donors (Lipinski definition) is 1. The second kappa shape index (κ2) is 7.29. The summed E-state index contributed by atoms with van der Waals surface area (Å²) in [6.45, 7) is 6.08. The number of carboxylic acids is 1. The lowest BCUT2D eigenvalue weighted by atomic mass is 9.94. The van der Waals surface area contributed by atoms with Crippen molar-refractivity contribution in [3.8, 4) is 5.75 Å². The van der Waals surface area contributed by atoms with Gasteiger partial charge < -0.3 is 9.84 Å². The number of nitrogens with zero attached hydrogens (tertiary/aromatic N) is 1. The molecule has 20 heavy (non-hydrogen) atoms. The van der Waals surface area contributed by atoms with Crippen molar-refractivity contribution in [1.29, 1.82) is 0 Å². The summed E-state index contributed by atoms with van der Waals surface area (Å²) in [7, 11) is 0. The molecule has 0 saturated carbocycles. The molecule has 1 aliphatic heterocycles. The molecule has 0 aromatic heterocycles. The zero-order valence-corrected chi connectivity index (χ0v) is 12.0. The molecule has 0 spiro atoms. The number of carboxylic acid groups (broad SMARTS) is 1. The molecule has 1 aromatic carbocycles. The van der Waals surface area contributed by atoms with Crippen LogP contribution < -0.4 is 4.74 Å². The minimum atomic E-state index is -0.919. The fraction of sp³-hybridized carbons (Fsp3) is 0.562. The highest BCUT2D eigenvalue weighted by Crippen LogP contribution is 2.19. The van der Waals surface area contributed by atoms with Crippen molar-refractivity contribution in [1.82, 2.24) is 4.90 Å². The van der Waals surface area contributed by atoms with Crippen LogP contribution >= 0.6 is 0 Å². The van der Waals surface area contributed by atoms with Gasteiger partial charge in [-0.05, 0) is 50.0 Å². The second-order valence-corrected chi connectivity index (χ2v) is 5.37. The molecule has 1 aromatic rings. The number of piperidine rings is 1. The van der Waals surface area contributed by atoms with Crippen LogP contribution in [-0.4, -0.2) is 42.2 Å². The first kappa shape index (κ1) is 14.9. The summed E-state index contributed by atoms with van der Waals surface area (Å²) in [6.07, 6.45) is 3.85. The van der Waals surface area contributed by atoms with Crippen LogP contribution in [0.2, 0.25) is 0 Å². The van der Waals surface area contributed by atoms with E-state index < -0.39 is 5.97 Å². The summed E-state index contributed by atoms with van der Waals surface area (Å²) in [5, 5.41) is 8.92. The van der Waals surface area contributed by atoms with Gasteiger partial charge in [0.25, 0.3) is 0 Å². The van der Waals surface area contributed by atoms with Crippen LogP contribution in [0.1, 0.15) is 36.5 Å². The summed E-state index contributed by atoms with van der Waals surface area (Å²) >= 11 is 0. The molecule has 2 rings (SSSR count). The highest BCUT2D eigenvalue weighted by Gasteiger charge is 2.17. The van der Waals surface area contributed by atoms with Crippen LogP contribution in [0.3, 0.4) is 0 Å². The van der Waals surface area contributed by atoms with Gasteiger partial charge in [0, 0.05) is 6.54 Å². The number of hydrogen-bond acceptors (Lipinski definition) is 3. The highest BCUT2D eigenvalue weighted by atomic mass is 16.5. The fourth-order valence-electron chi connectivity index (χ4n) is 2.63. The van der Waals surface area contributed by atoms with E-state index in [1.165, 1.54) is 19.3 Å². The molecule has 1 heterocycles. The van der Waals surface area contributed by atoms with Crippen molar-refractivity contribution in [3.05, 3.63) is 29.8 Å². The molecule has 110 valence electrons.